The largest absolute Gasteiger partial charge is 0.369 e. The number of nitrogens with one attached hydrogen (secondary N) is 2. The predicted molar refractivity (Wildman–Crippen MR) is 119 cm³/mol. The van der Waals surface area contributed by atoms with E-state index in [9.17, 15) is 9.59 Å². The number of allylic oxidation sites excluding steroid dienone is 1. The Morgan fingerprint density at radius 3 is 2.55 bits per heavy atom. The lowest BCUT2D eigenvalue weighted by Crippen LogP contribution is -2.36. The Kier molecular flexibility index (Phi) is 6.39. The molecular formula is C21H20BrClN4O2. The van der Waals surface area contributed by atoms with Crippen molar-refractivity contribution in [1.29, 1.82) is 0 Å². The van der Waals surface area contributed by atoms with Crippen LogP contribution in [0, 0.1) is 0 Å². The van der Waals surface area contributed by atoms with Crippen LogP contribution in [0.5, 0.6) is 0 Å². The van der Waals surface area contributed by atoms with Gasteiger partial charge in [0.15, 0.2) is 5.78 Å². The number of amides is 1. The summed E-state index contributed by atoms with van der Waals surface area (Å²) in [6.07, 6.45) is 0.0659. The number of rotatable bonds is 5. The van der Waals surface area contributed by atoms with E-state index in [1.165, 1.54) is 6.92 Å². The highest BCUT2D eigenvalue weighted by atomic mass is 79.9. The van der Waals surface area contributed by atoms with Gasteiger partial charge in [-0.05, 0) is 49.2 Å². The molecule has 3 rings (SSSR count). The van der Waals surface area contributed by atoms with Gasteiger partial charge in [0.05, 0.1) is 6.42 Å². The molecule has 2 aromatic rings. The minimum Gasteiger partial charge on any atom is -0.369 e. The van der Waals surface area contributed by atoms with Gasteiger partial charge in [0.1, 0.15) is 6.04 Å². The third-order valence-electron chi connectivity index (χ3n) is 4.50. The Labute approximate surface area is 182 Å². The molecule has 0 spiro atoms. The zero-order valence-electron chi connectivity index (χ0n) is 15.9. The van der Waals surface area contributed by atoms with Crippen molar-refractivity contribution in [1.82, 2.24) is 5.32 Å². The number of halogens is 2. The Morgan fingerprint density at radius 2 is 1.93 bits per heavy atom. The molecule has 1 amide bonds. The number of Topliss-reactive ketones (excluding diaryl/α,β-unsaturated/α-hetero) is 1. The van der Waals surface area contributed by atoms with E-state index in [-0.39, 0.29) is 12.2 Å². The van der Waals surface area contributed by atoms with Gasteiger partial charge in [-0.15, -0.1) is 0 Å². The zero-order chi connectivity index (χ0) is 21.1. The maximum absolute atomic E-state index is 12.3. The van der Waals surface area contributed by atoms with Crippen molar-refractivity contribution >= 4 is 50.9 Å². The summed E-state index contributed by atoms with van der Waals surface area (Å²) in [4.78, 5) is 28.4. The molecule has 2 aromatic carbocycles. The molecule has 1 aliphatic heterocycles. The maximum Gasteiger partial charge on any atom is 0.221 e. The molecule has 0 saturated carbocycles. The van der Waals surface area contributed by atoms with Crippen molar-refractivity contribution < 1.29 is 9.59 Å². The molecule has 150 valence electrons. The van der Waals surface area contributed by atoms with Gasteiger partial charge in [-0.25, -0.2) is 4.99 Å². The van der Waals surface area contributed by atoms with Crippen LogP contribution in [-0.4, -0.2) is 17.6 Å². The fourth-order valence-electron chi connectivity index (χ4n) is 3.22. The third-order valence-corrected chi connectivity index (χ3v) is 5.26. The van der Waals surface area contributed by atoms with Gasteiger partial charge in [-0.1, -0.05) is 45.7 Å². The number of aliphatic imine (C=N–C) groups is 1. The van der Waals surface area contributed by atoms with E-state index in [2.05, 4.69) is 26.6 Å². The lowest BCUT2D eigenvalue weighted by atomic mass is 9.94. The maximum atomic E-state index is 12.3. The number of nitrogens with two attached hydrogens (primary N) is 1. The number of anilines is 1. The molecule has 4 N–H and O–H groups in total. The first kappa shape index (κ1) is 21.1. The number of hydrogen-bond donors (Lipinski definition) is 3. The lowest BCUT2D eigenvalue weighted by Gasteiger charge is -2.27. The van der Waals surface area contributed by atoms with E-state index in [0.29, 0.717) is 33.5 Å². The molecule has 0 saturated heterocycles. The van der Waals surface area contributed by atoms with Crippen LogP contribution < -0.4 is 16.4 Å². The van der Waals surface area contributed by atoms with E-state index in [1.807, 2.05) is 31.2 Å². The van der Waals surface area contributed by atoms with Crippen LogP contribution in [0.15, 0.2) is 63.2 Å². The number of ketones is 1. The highest BCUT2D eigenvalue weighted by molar-refractivity contribution is 9.10. The standard InChI is InChI=1S/C21H20BrClN4O2/c1-11-19(12(2)28)20(13-3-6-15(22)7-4-13)27-21(25-11)26-17-10-16(23)8-5-14(17)9-18(24)29/h3-8,10,20H,9H2,1-2H3,(H2,24,29)(H2,25,26,27). The molecule has 0 bridgehead atoms. The van der Waals surface area contributed by atoms with Crippen molar-refractivity contribution in [3.63, 3.8) is 0 Å². The number of nitrogens with zero attached hydrogens (tertiary/aromatic N) is 1. The third kappa shape index (κ3) is 5.05. The van der Waals surface area contributed by atoms with Crippen LogP contribution in [0.1, 0.15) is 31.0 Å². The van der Waals surface area contributed by atoms with Gasteiger partial charge in [-0.3, -0.25) is 9.59 Å². The Hall–Kier alpha value is -2.64. The van der Waals surface area contributed by atoms with Crippen molar-refractivity contribution in [2.24, 2.45) is 10.7 Å². The number of benzene rings is 2. The van der Waals surface area contributed by atoms with Gasteiger partial charge in [0, 0.05) is 26.5 Å². The van der Waals surface area contributed by atoms with Crippen LogP contribution in [0.4, 0.5) is 5.69 Å². The highest BCUT2D eigenvalue weighted by Crippen LogP contribution is 2.32. The van der Waals surface area contributed by atoms with E-state index < -0.39 is 11.9 Å². The van der Waals surface area contributed by atoms with Crippen LogP contribution in [0.25, 0.3) is 0 Å². The molecule has 1 atom stereocenters. The Morgan fingerprint density at radius 1 is 1.24 bits per heavy atom. The summed E-state index contributed by atoms with van der Waals surface area (Å²) >= 11 is 9.56. The Balaban J connectivity index is 1.99. The van der Waals surface area contributed by atoms with Crippen LogP contribution in [0.3, 0.4) is 0 Å². The van der Waals surface area contributed by atoms with Crippen LogP contribution in [-0.2, 0) is 16.0 Å². The summed E-state index contributed by atoms with van der Waals surface area (Å²) in [6.45, 7) is 3.36. The number of primary amides is 1. The molecule has 29 heavy (non-hydrogen) atoms. The monoisotopic (exact) mass is 474 g/mol. The second kappa shape index (κ2) is 8.80. The highest BCUT2D eigenvalue weighted by Gasteiger charge is 2.27. The first-order valence-electron chi connectivity index (χ1n) is 8.90. The number of guanidine groups is 1. The minimum atomic E-state index is -0.455. The molecule has 1 unspecified atom stereocenters. The predicted octanol–water partition coefficient (Wildman–Crippen LogP) is 4.11. The first-order valence-corrected chi connectivity index (χ1v) is 10.1. The summed E-state index contributed by atoms with van der Waals surface area (Å²) in [7, 11) is 0. The fourth-order valence-corrected chi connectivity index (χ4v) is 3.65. The van der Waals surface area contributed by atoms with Crippen LogP contribution >= 0.6 is 27.5 Å². The lowest BCUT2D eigenvalue weighted by molar-refractivity contribution is -0.117. The fraction of sp³-hybridized carbons (Fsp3) is 0.190. The van der Waals surface area contributed by atoms with E-state index in [4.69, 9.17) is 22.3 Å². The molecule has 1 heterocycles. The summed E-state index contributed by atoms with van der Waals surface area (Å²) in [6, 6.07) is 12.4. The van der Waals surface area contributed by atoms with Gasteiger partial charge in [0.2, 0.25) is 11.9 Å². The van der Waals surface area contributed by atoms with Crippen molar-refractivity contribution in [3.05, 3.63) is 74.4 Å². The summed E-state index contributed by atoms with van der Waals surface area (Å²) in [5.74, 6) is -0.0482. The quantitative estimate of drug-likeness (QED) is 0.606. The minimum absolute atomic E-state index is 0.0529. The molecule has 0 aliphatic carbocycles. The first-order chi connectivity index (χ1) is 13.7. The summed E-state index contributed by atoms with van der Waals surface area (Å²) in [5.41, 5.74) is 8.87. The number of carbonyl (C=O) groups excluding carboxylic acids is 2. The van der Waals surface area contributed by atoms with Gasteiger partial charge < -0.3 is 16.4 Å². The summed E-state index contributed by atoms with van der Waals surface area (Å²) in [5, 5.41) is 6.84. The molecule has 6 nitrogen and oxygen atoms in total. The molecule has 0 aromatic heterocycles. The second-order valence-electron chi connectivity index (χ2n) is 6.72. The van der Waals surface area contributed by atoms with Gasteiger partial charge in [0.25, 0.3) is 0 Å². The number of hydrogen-bond acceptors (Lipinski definition) is 5. The Bertz CT molecular complexity index is 1030. The smallest absolute Gasteiger partial charge is 0.221 e. The SMILES string of the molecule is CC(=O)C1=C(C)NC(Nc2cc(Cl)ccc2CC(N)=O)=NC1c1ccc(Br)cc1. The zero-order valence-corrected chi connectivity index (χ0v) is 18.3. The number of carbonyl (C=O) groups is 2. The van der Waals surface area contributed by atoms with Gasteiger partial charge >= 0.3 is 0 Å². The topological polar surface area (TPSA) is 96.6 Å². The van der Waals surface area contributed by atoms with Gasteiger partial charge in [-0.2, -0.15) is 0 Å². The molecule has 0 fully saturated rings. The van der Waals surface area contributed by atoms with Crippen molar-refractivity contribution in [2.75, 3.05) is 5.32 Å². The average Bonchev–Trinajstić information content (AvgIpc) is 2.63. The molecule has 0 radical (unpaired) electrons. The van der Waals surface area contributed by atoms with E-state index >= 15 is 0 Å². The average molecular weight is 476 g/mol. The summed E-state index contributed by atoms with van der Waals surface area (Å²) < 4.78 is 0.942. The normalized spacial score (nSPS) is 16.1. The molecule has 1 aliphatic rings. The van der Waals surface area contributed by atoms with E-state index in [0.717, 1.165) is 10.0 Å². The molecular weight excluding hydrogens is 456 g/mol. The molecule has 8 heteroatoms. The second-order valence-corrected chi connectivity index (χ2v) is 8.07. The van der Waals surface area contributed by atoms with Crippen molar-refractivity contribution in [2.45, 2.75) is 26.3 Å². The van der Waals surface area contributed by atoms with Crippen LogP contribution in [0.2, 0.25) is 5.02 Å². The van der Waals surface area contributed by atoms with E-state index in [1.54, 1.807) is 18.2 Å². The van der Waals surface area contributed by atoms with Crippen molar-refractivity contribution in [3.8, 4) is 0 Å².